The van der Waals surface area contributed by atoms with Crippen LogP contribution in [-0.2, 0) is 20.9 Å². The van der Waals surface area contributed by atoms with Crippen LogP contribution >= 0.6 is 0 Å². The van der Waals surface area contributed by atoms with Gasteiger partial charge in [0, 0.05) is 12.1 Å². The predicted octanol–water partition coefficient (Wildman–Crippen LogP) is 3.10. The molecule has 2 N–H and O–H groups in total. The van der Waals surface area contributed by atoms with E-state index in [0.717, 1.165) is 26.2 Å². The van der Waals surface area contributed by atoms with E-state index in [-0.39, 0.29) is 28.8 Å². The number of hydrogen-bond acceptors (Lipinski definition) is 4. The second-order valence-corrected chi connectivity index (χ2v) is 6.37. The lowest BCUT2D eigenvalue weighted by atomic mass is 9.98. The number of carbonyl (C=O) groups excluding carboxylic acids is 3. The third-order valence-corrected chi connectivity index (χ3v) is 4.22. The fourth-order valence-corrected chi connectivity index (χ4v) is 2.61. The summed E-state index contributed by atoms with van der Waals surface area (Å²) in [6.07, 6.45) is -5.14. The number of carbonyl (C=O) groups is 3. The van der Waals surface area contributed by atoms with Crippen LogP contribution in [0.5, 0.6) is 0 Å². The Morgan fingerprint density at radius 2 is 1.74 bits per heavy atom. The number of esters is 1. The molecule has 0 saturated heterocycles. The van der Waals surface area contributed by atoms with Crippen molar-refractivity contribution in [2.24, 2.45) is 0 Å². The Kier molecular flexibility index (Phi) is 7.32. The van der Waals surface area contributed by atoms with Gasteiger partial charge < -0.3 is 15.4 Å². The first-order valence-corrected chi connectivity index (χ1v) is 8.76. The summed E-state index contributed by atoms with van der Waals surface area (Å²) < 4.78 is 69.8. The van der Waals surface area contributed by atoms with Gasteiger partial charge >= 0.3 is 18.1 Å². The van der Waals surface area contributed by atoms with Crippen molar-refractivity contribution in [2.45, 2.75) is 25.7 Å². The molecule has 31 heavy (non-hydrogen) atoms. The molecule has 0 spiro atoms. The number of rotatable bonds is 6. The minimum absolute atomic E-state index is 0.0255. The second kappa shape index (κ2) is 9.54. The van der Waals surface area contributed by atoms with E-state index < -0.39 is 41.6 Å². The Morgan fingerprint density at radius 3 is 2.32 bits per heavy atom. The molecular formula is C20H17F5N2O4. The number of hydrogen-bond donors (Lipinski definition) is 2. The number of methoxy groups -OCH3 is 1. The smallest absolute Gasteiger partial charge is 0.465 e. The Balaban J connectivity index is 2.14. The summed E-state index contributed by atoms with van der Waals surface area (Å²) in [7, 11) is 1.07. The van der Waals surface area contributed by atoms with Crippen molar-refractivity contribution in [3.8, 4) is 11.1 Å². The van der Waals surface area contributed by atoms with Gasteiger partial charge in [-0.2, -0.15) is 13.2 Å². The summed E-state index contributed by atoms with van der Waals surface area (Å²) in [5, 5.41) is 3.69. The molecule has 0 aliphatic rings. The van der Waals surface area contributed by atoms with Crippen LogP contribution in [0.4, 0.5) is 22.0 Å². The first-order valence-electron chi connectivity index (χ1n) is 8.76. The summed E-state index contributed by atoms with van der Waals surface area (Å²) in [6.45, 7) is 0.654. The van der Waals surface area contributed by atoms with Crippen LogP contribution in [0.1, 0.15) is 22.8 Å². The normalized spacial score (nSPS) is 12.1. The van der Waals surface area contributed by atoms with E-state index in [4.69, 9.17) is 0 Å². The van der Waals surface area contributed by atoms with Crippen molar-refractivity contribution in [1.29, 1.82) is 0 Å². The highest BCUT2D eigenvalue weighted by Crippen LogP contribution is 2.28. The molecule has 1 atom stereocenters. The van der Waals surface area contributed by atoms with E-state index in [0.29, 0.717) is 0 Å². The minimum atomic E-state index is -5.14. The summed E-state index contributed by atoms with van der Waals surface area (Å²) in [5.41, 5.74) is -0.148. The fraction of sp³-hybridized carbons (Fsp3) is 0.250. The zero-order valence-electron chi connectivity index (χ0n) is 16.3. The number of ether oxygens (including phenoxy) is 1. The number of nitrogens with one attached hydrogen (secondary N) is 2. The molecule has 0 aliphatic heterocycles. The first kappa shape index (κ1) is 23.8. The highest BCUT2D eigenvalue weighted by molar-refractivity contribution is 5.97. The topological polar surface area (TPSA) is 84.5 Å². The number of halogens is 5. The molecule has 1 unspecified atom stereocenters. The average molecular weight is 444 g/mol. The number of amides is 2. The molecule has 0 aliphatic carbocycles. The predicted molar refractivity (Wildman–Crippen MR) is 98.6 cm³/mol. The second-order valence-electron chi connectivity index (χ2n) is 6.37. The lowest BCUT2D eigenvalue weighted by Crippen LogP contribution is -2.48. The van der Waals surface area contributed by atoms with E-state index in [1.165, 1.54) is 29.6 Å². The van der Waals surface area contributed by atoms with Crippen molar-refractivity contribution in [2.75, 3.05) is 7.11 Å². The van der Waals surface area contributed by atoms with Gasteiger partial charge in [0.2, 0.25) is 5.91 Å². The van der Waals surface area contributed by atoms with Crippen molar-refractivity contribution in [3.05, 3.63) is 59.2 Å². The zero-order valence-corrected chi connectivity index (χ0v) is 16.3. The van der Waals surface area contributed by atoms with Crippen molar-refractivity contribution in [1.82, 2.24) is 10.6 Å². The van der Waals surface area contributed by atoms with Gasteiger partial charge in [-0.15, -0.1) is 0 Å². The van der Waals surface area contributed by atoms with Crippen LogP contribution in [0.25, 0.3) is 11.1 Å². The highest BCUT2D eigenvalue weighted by atomic mass is 19.4. The van der Waals surface area contributed by atoms with Gasteiger partial charge in [0.15, 0.2) is 0 Å². The van der Waals surface area contributed by atoms with Gasteiger partial charge in [0.25, 0.3) is 0 Å². The summed E-state index contributed by atoms with van der Waals surface area (Å²) in [4.78, 5) is 34.6. The summed E-state index contributed by atoms with van der Waals surface area (Å²) >= 11 is 0. The zero-order chi connectivity index (χ0) is 23.3. The molecule has 166 valence electrons. The number of alkyl halides is 3. The van der Waals surface area contributed by atoms with Crippen molar-refractivity contribution in [3.63, 3.8) is 0 Å². The monoisotopic (exact) mass is 444 g/mol. The Hall–Kier alpha value is -3.50. The van der Waals surface area contributed by atoms with Crippen LogP contribution in [0, 0.1) is 11.6 Å². The van der Waals surface area contributed by atoms with Gasteiger partial charge in [-0.05, 0) is 30.2 Å². The minimum Gasteiger partial charge on any atom is -0.465 e. The summed E-state index contributed by atoms with van der Waals surface area (Å²) in [5.74, 6) is -5.85. The first-order chi connectivity index (χ1) is 14.5. The molecule has 0 bridgehead atoms. The van der Waals surface area contributed by atoms with Crippen LogP contribution in [0.15, 0.2) is 36.4 Å². The molecule has 11 heteroatoms. The van der Waals surface area contributed by atoms with Crippen LogP contribution in [-0.4, -0.2) is 37.1 Å². The fourth-order valence-electron chi connectivity index (χ4n) is 2.61. The molecule has 2 rings (SSSR count). The summed E-state index contributed by atoms with van der Waals surface area (Å²) in [6, 6.07) is 5.92. The molecule has 0 saturated carbocycles. The quantitative estimate of drug-likeness (QED) is 0.530. The standard InChI is InChI=1S/C20H17F5N2O4/c1-10(27-19(30)20(23,24)25)17(28)26-9-12-7-6-11(8-15(12)22)13-4-3-5-14(21)16(13)18(29)31-2/h3-8,10H,9H2,1-2H3,(H,26,28)(H,27,30). The van der Waals surface area contributed by atoms with E-state index >= 15 is 0 Å². The highest BCUT2D eigenvalue weighted by Gasteiger charge is 2.40. The lowest BCUT2D eigenvalue weighted by molar-refractivity contribution is -0.174. The van der Waals surface area contributed by atoms with Crippen LogP contribution in [0.2, 0.25) is 0 Å². The van der Waals surface area contributed by atoms with Gasteiger partial charge in [0.05, 0.1) is 7.11 Å². The third kappa shape index (κ3) is 5.77. The Bertz CT molecular complexity index is 1010. The number of benzene rings is 2. The molecule has 2 amide bonds. The molecule has 0 fully saturated rings. The van der Waals surface area contributed by atoms with E-state index in [2.05, 4.69) is 10.1 Å². The van der Waals surface area contributed by atoms with Gasteiger partial charge in [-0.25, -0.2) is 13.6 Å². The van der Waals surface area contributed by atoms with Crippen LogP contribution in [0.3, 0.4) is 0 Å². The molecule has 2 aromatic rings. The lowest BCUT2D eigenvalue weighted by Gasteiger charge is -2.16. The maximum absolute atomic E-state index is 14.5. The van der Waals surface area contributed by atoms with Gasteiger partial charge in [-0.1, -0.05) is 24.3 Å². The molecular weight excluding hydrogens is 427 g/mol. The molecule has 6 nitrogen and oxygen atoms in total. The molecule has 0 aromatic heterocycles. The molecule has 2 aromatic carbocycles. The van der Waals surface area contributed by atoms with Crippen molar-refractivity contribution >= 4 is 17.8 Å². The Labute approximate surface area is 173 Å². The van der Waals surface area contributed by atoms with Gasteiger partial charge in [0.1, 0.15) is 23.2 Å². The maximum atomic E-state index is 14.5. The molecule has 0 heterocycles. The maximum Gasteiger partial charge on any atom is 0.471 e. The van der Waals surface area contributed by atoms with Crippen LogP contribution < -0.4 is 10.6 Å². The van der Waals surface area contributed by atoms with E-state index in [1.54, 1.807) is 0 Å². The van der Waals surface area contributed by atoms with E-state index in [9.17, 15) is 36.3 Å². The van der Waals surface area contributed by atoms with Gasteiger partial charge in [-0.3, -0.25) is 9.59 Å². The Morgan fingerprint density at radius 1 is 1.06 bits per heavy atom. The molecule has 0 radical (unpaired) electrons. The average Bonchev–Trinajstić information content (AvgIpc) is 2.71. The van der Waals surface area contributed by atoms with Crippen molar-refractivity contribution < 1.29 is 41.1 Å². The third-order valence-electron chi connectivity index (χ3n) is 4.22. The largest absolute Gasteiger partial charge is 0.471 e. The SMILES string of the molecule is COC(=O)c1c(F)cccc1-c1ccc(CNC(=O)C(C)NC(=O)C(F)(F)F)c(F)c1. The van der Waals surface area contributed by atoms with E-state index in [1.807, 2.05) is 0 Å².